The van der Waals surface area contributed by atoms with E-state index in [9.17, 15) is 4.79 Å². The maximum atomic E-state index is 11.2. The predicted octanol–water partition coefficient (Wildman–Crippen LogP) is 2.52. The van der Waals surface area contributed by atoms with Crippen molar-refractivity contribution in [3.8, 4) is 5.88 Å². The molecule has 3 rings (SSSR count). The maximum Gasteiger partial charge on any atom is 0.233 e. The summed E-state index contributed by atoms with van der Waals surface area (Å²) in [5.41, 5.74) is 1.70. The van der Waals surface area contributed by atoms with Gasteiger partial charge in [0.15, 0.2) is 0 Å². The molecule has 0 spiro atoms. The molecule has 0 unspecified atom stereocenters. The molecule has 0 radical (unpaired) electrons. The Labute approximate surface area is 105 Å². The number of para-hydroxylation sites is 2. The lowest BCUT2D eigenvalue weighted by molar-refractivity contribution is -0.121. The van der Waals surface area contributed by atoms with E-state index in [4.69, 9.17) is 4.74 Å². The number of benzene rings is 1. The molecular formula is C14H14N2O2. The molecule has 0 atom stereocenters. The van der Waals surface area contributed by atoms with Gasteiger partial charge in [0, 0.05) is 12.8 Å². The van der Waals surface area contributed by atoms with Crippen LogP contribution >= 0.6 is 0 Å². The first kappa shape index (κ1) is 11.1. The molecule has 0 bridgehead atoms. The Morgan fingerprint density at radius 3 is 2.61 bits per heavy atom. The van der Waals surface area contributed by atoms with E-state index in [2.05, 4.69) is 9.97 Å². The lowest BCUT2D eigenvalue weighted by Crippen LogP contribution is -2.24. The minimum atomic E-state index is 0.0955. The minimum absolute atomic E-state index is 0.0955. The van der Waals surface area contributed by atoms with E-state index in [1.807, 2.05) is 24.3 Å². The first-order valence-corrected chi connectivity index (χ1v) is 6.21. The predicted molar refractivity (Wildman–Crippen MR) is 67.4 cm³/mol. The second kappa shape index (κ2) is 4.72. The summed E-state index contributed by atoms with van der Waals surface area (Å²) in [6.07, 6.45) is 4.55. The van der Waals surface area contributed by atoms with Gasteiger partial charge in [0.2, 0.25) is 5.88 Å². The van der Waals surface area contributed by atoms with Crippen molar-refractivity contribution < 1.29 is 9.53 Å². The fourth-order valence-corrected chi connectivity index (χ4v) is 2.20. The maximum absolute atomic E-state index is 11.2. The first-order chi connectivity index (χ1) is 8.81. The van der Waals surface area contributed by atoms with E-state index in [0.717, 1.165) is 23.9 Å². The van der Waals surface area contributed by atoms with Crippen LogP contribution in [0.1, 0.15) is 25.7 Å². The molecule has 1 aliphatic rings. The van der Waals surface area contributed by atoms with Crippen LogP contribution in [0.15, 0.2) is 30.5 Å². The van der Waals surface area contributed by atoms with Crippen LogP contribution in [0, 0.1) is 0 Å². The number of aromatic nitrogens is 2. The SMILES string of the molecule is O=C1CCC(Oc2cnc3ccccc3n2)CC1. The van der Waals surface area contributed by atoms with Crippen LogP contribution in [0.3, 0.4) is 0 Å². The summed E-state index contributed by atoms with van der Waals surface area (Å²) in [6.45, 7) is 0. The molecule has 1 heterocycles. The van der Waals surface area contributed by atoms with Gasteiger partial charge in [-0.3, -0.25) is 4.79 Å². The normalized spacial score (nSPS) is 17.0. The fraction of sp³-hybridized carbons (Fsp3) is 0.357. The number of ether oxygens (including phenoxy) is 1. The van der Waals surface area contributed by atoms with E-state index in [-0.39, 0.29) is 6.10 Å². The zero-order valence-corrected chi connectivity index (χ0v) is 10.0. The largest absolute Gasteiger partial charge is 0.473 e. The van der Waals surface area contributed by atoms with Gasteiger partial charge < -0.3 is 4.74 Å². The zero-order chi connectivity index (χ0) is 12.4. The third kappa shape index (κ3) is 2.32. The molecule has 0 N–H and O–H groups in total. The lowest BCUT2D eigenvalue weighted by atomic mass is 9.97. The molecule has 1 fully saturated rings. The highest BCUT2D eigenvalue weighted by atomic mass is 16.5. The highest BCUT2D eigenvalue weighted by Crippen LogP contribution is 2.21. The zero-order valence-electron chi connectivity index (χ0n) is 10.0. The van der Waals surface area contributed by atoms with Crippen LogP contribution < -0.4 is 4.74 Å². The number of carbonyl (C=O) groups is 1. The van der Waals surface area contributed by atoms with E-state index in [1.165, 1.54) is 0 Å². The summed E-state index contributed by atoms with van der Waals surface area (Å²) >= 11 is 0. The lowest BCUT2D eigenvalue weighted by Gasteiger charge is -2.21. The van der Waals surface area contributed by atoms with Crippen molar-refractivity contribution in [3.05, 3.63) is 30.5 Å². The van der Waals surface area contributed by atoms with Gasteiger partial charge >= 0.3 is 0 Å². The van der Waals surface area contributed by atoms with Crippen molar-refractivity contribution in [2.75, 3.05) is 0 Å². The molecule has 2 aromatic rings. The van der Waals surface area contributed by atoms with Crippen molar-refractivity contribution in [3.63, 3.8) is 0 Å². The molecule has 1 aliphatic carbocycles. The van der Waals surface area contributed by atoms with Gasteiger partial charge in [-0.15, -0.1) is 0 Å². The highest BCUT2D eigenvalue weighted by molar-refractivity contribution is 5.79. The van der Waals surface area contributed by atoms with Gasteiger partial charge in [0.1, 0.15) is 11.9 Å². The molecule has 1 aromatic carbocycles. The molecule has 0 saturated heterocycles. The molecule has 92 valence electrons. The van der Waals surface area contributed by atoms with Crippen LogP contribution in [-0.2, 0) is 4.79 Å². The quantitative estimate of drug-likeness (QED) is 0.812. The topological polar surface area (TPSA) is 52.1 Å². The number of hydrogen-bond acceptors (Lipinski definition) is 4. The van der Waals surface area contributed by atoms with Crippen LogP contribution in [0.25, 0.3) is 11.0 Å². The van der Waals surface area contributed by atoms with Crippen LogP contribution in [0.4, 0.5) is 0 Å². The molecule has 4 nitrogen and oxygen atoms in total. The van der Waals surface area contributed by atoms with Crippen molar-refractivity contribution in [1.82, 2.24) is 9.97 Å². The monoisotopic (exact) mass is 242 g/mol. The number of fused-ring (bicyclic) bond motifs is 1. The summed E-state index contributed by atoms with van der Waals surface area (Å²) in [6, 6.07) is 7.70. The Kier molecular flexibility index (Phi) is 2.92. The van der Waals surface area contributed by atoms with Crippen LogP contribution in [-0.4, -0.2) is 21.9 Å². The number of carbonyl (C=O) groups excluding carboxylic acids is 1. The number of nitrogens with zero attached hydrogens (tertiary/aromatic N) is 2. The van der Waals surface area contributed by atoms with E-state index in [0.29, 0.717) is 24.5 Å². The summed E-state index contributed by atoms with van der Waals surface area (Å²) < 4.78 is 5.79. The van der Waals surface area contributed by atoms with Gasteiger partial charge in [0.25, 0.3) is 0 Å². The summed E-state index contributed by atoms with van der Waals surface area (Å²) in [5.74, 6) is 0.882. The number of hydrogen-bond donors (Lipinski definition) is 0. The first-order valence-electron chi connectivity index (χ1n) is 6.21. The fourth-order valence-electron chi connectivity index (χ4n) is 2.20. The molecule has 18 heavy (non-hydrogen) atoms. The van der Waals surface area contributed by atoms with E-state index in [1.54, 1.807) is 6.20 Å². The Bertz CT molecular complexity index is 573. The van der Waals surface area contributed by atoms with Gasteiger partial charge in [-0.1, -0.05) is 12.1 Å². The Balaban J connectivity index is 1.76. The molecule has 1 saturated carbocycles. The van der Waals surface area contributed by atoms with Gasteiger partial charge in [-0.2, -0.15) is 0 Å². The summed E-state index contributed by atoms with van der Waals surface area (Å²) in [7, 11) is 0. The number of Topliss-reactive ketones (excluding diaryl/α,β-unsaturated/α-hetero) is 1. The molecule has 4 heteroatoms. The Hall–Kier alpha value is -1.97. The van der Waals surface area contributed by atoms with E-state index < -0.39 is 0 Å². The average Bonchev–Trinajstić information content (AvgIpc) is 2.41. The number of rotatable bonds is 2. The summed E-state index contributed by atoms with van der Waals surface area (Å²) in [4.78, 5) is 19.9. The molecular weight excluding hydrogens is 228 g/mol. The molecule has 1 aromatic heterocycles. The van der Waals surface area contributed by atoms with Crippen molar-refractivity contribution in [2.24, 2.45) is 0 Å². The van der Waals surface area contributed by atoms with Gasteiger partial charge in [-0.25, -0.2) is 9.97 Å². The van der Waals surface area contributed by atoms with Crippen molar-refractivity contribution in [2.45, 2.75) is 31.8 Å². The minimum Gasteiger partial charge on any atom is -0.473 e. The Morgan fingerprint density at radius 1 is 1.11 bits per heavy atom. The second-order valence-electron chi connectivity index (χ2n) is 4.55. The second-order valence-corrected chi connectivity index (χ2v) is 4.55. The van der Waals surface area contributed by atoms with Gasteiger partial charge in [-0.05, 0) is 25.0 Å². The average molecular weight is 242 g/mol. The van der Waals surface area contributed by atoms with E-state index >= 15 is 0 Å². The molecule has 0 amide bonds. The van der Waals surface area contributed by atoms with Crippen LogP contribution in [0.5, 0.6) is 5.88 Å². The smallest absolute Gasteiger partial charge is 0.233 e. The van der Waals surface area contributed by atoms with Crippen LogP contribution in [0.2, 0.25) is 0 Å². The number of ketones is 1. The Morgan fingerprint density at radius 2 is 1.83 bits per heavy atom. The third-order valence-electron chi connectivity index (χ3n) is 3.20. The summed E-state index contributed by atoms with van der Waals surface area (Å²) in [5, 5.41) is 0. The standard InChI is InChI=1S/C14H14N2O2/c17-10-5-7-11(8-6-10)18-14-9-15-12-3-1-2-4-13(12)16-14/h1-4,9,11H,5-8H2. The van der Waals surface area contributed by atoms with Gasteiger partial charge in [0.05, 0.1) is 17.2 Å². The van der Waals surface area contributed by atoms with Crippen molar-refractivity contribution in [1.29, 1.82) is 0 Å². The third-order valence-corrected chi connectivity index (χ3v) is 3.20. The van der Waals surface area contributed by atoms with Crippen molar-refractivity contribution >= 4 is 16.8 Å². The highest BCUT2D eigenvalue weighted by Gasteiger charge is 2.20. The molecule has 0 aliphatic heterocycles.